The van der Waals surface area contributed by atoms with Crippen LogP contribution < -0.4 is 0 Å². The van der Waals surface area contributed by atoms with Gasteiger partial charge in [0.05, 0.1) is 34.6 Å². The highest BCUT2D eigenvalue weighted by Gasteiger charge is 2.69. The third-order valence-corrected chi connectivity index (χ3v) is 19.9. The molecule has 8 nitrogen and oxygen atoms in total. The number of pyridine rings is 2. The Morgan fingerprint density at radius 1 is 0.586 bits per heavy atom. The van der Waals surface area contributed by atoms with E-state index in [1.165, 1.54) is 62.2 Å². The van der Waals surface area contributed by atoms with Crippen molar-refractivity contribution in [1.29, 1.82) is 0 Å². The molecule has 14 rings (SSSR count). The number of fused-ring (bicyclic) bond motifs is 4. The summed E-state index contributed by atoms with van der Waals surface area (Å²) in [4.78, 5) is 8.67. The lowest BCUT2D eigenvalue weighted by atomic mass is 9.58. The average Bonchev–Trinajstić information content (AvgIpc) is 4.05. The maximum absolute atomic E-state index is 10.9. The summed E-state index contributed by atoms with van der Waals surface area (Å²) < 4.78 is 14.3. The zero-order valence-corrected chi connectivity index (χ0v) is 38.8. The van der Waals surface area contributed by atoms with Gasteiger partial charge in [0.1, 0.15) is 12.2 Å². The minimum atomic E-state index is -0.831. The van der Waals surface area contributed by atoms with Gasteiger partial charge in [0, 0.05) is 46.9 Å². The summed E-state index contributed by atoms with van der Waals surface area (Å²) in [6.07, 6.45) is 27.0. The highest BCUT2D eigenvalue weighted by Crippen LogP contribution is 2.71. The minimum Gasteiger partial charge on any atom is -0.390 e. The van der Waals surface area contributed by atoms with Crippen molar-refractivity contribution >= 4 is 27.1 Å². The number of aromatic nitrogens is 2. The van der Waals surface area contributed by atoms with Crippen molar-refractivity contribution in [2.45, 2.75) is 181 Å². The summed E-state index contributed by atoms with van der Waals surface area (Å²) in [7, 11) is 0. The minimum absolute atomic E-state index is 0. The number of aliphatic hydroxyl groups is 4. The van der Waals surface area contributed by atoms with Crippen molar-refractivity contribution in [1.82, 2.24) is 9.97 Å². The normalized spacial score (nSPS) is 42.0. The topological polar surface area (TPSA) is 125 Å². The van der Waals surface area contributed by atoms with Crippen LogP contribution in [0.5, 0.6) is 0 Å². The summed E-state index contributed by atoms with van der Waals surface area (Å²) in [5, 5.41) is 47.8. The van der Waals surface area contributed by atoms with E-state index < -0.39 is 35.6 Å². The Morgan fingerprint density at radius 2 is 1.13 bits per heavy atom. The van der Waals surface area contributed by atoms with E-state index in [2.05, 4.69) is 103 Å². The predicted molar refractivity (Wildman–Crippen MR) is 283 cm³/mol. The molecule has 4 aliphatic heterocycles. The molecule has 4 aromatic rings. The second-order valence-electron chi connectivity index (χ2n) is 23.1. The van der Waals surface area contributed by atoms with E-state index in [9.17, 15) is 20.4 Å². The van der Waals surface area contributed by atoms with E-state index in [0.717, 1.165) is 68.9 Å². The highest BCUT2D eigenvalue weighted by molar-refractivity contribution is 5.87. The van der Waals surface area contributed by atoms with Crippen LogP contribution in [0.1, 0.15) is 145 Å². The lowest BCUT2D eigenvalue weighted by Gasteiger charge is -2.55. The molecule has 6 heterocycles. The van der Waals surface area contributed by atoms with Crippen LogP contribution in [-0.4, -0.2) is 77.2 Å². The number of nitrogens with zero attached hydrogens (tertiary/aromatic N) is 2. The summed E-state index contributed by atoms with van der Waals surface area (Å²) in [5.41, 5.74) is 7.25. The summed E-state index contributed by atoms with van der Waals surface area (Å²) in [6, 6.07) is 17.8. The number of aliphatic hydroxyl groups excluding tert-OH is 4. The smallest absolute Gasteiger partial charge is 0.104 e. The van der Waals surface area contributed by atoms with Crippen molar-refractivity contribution in [2.24, 2.45) is 34.5 Å². The van der Waals surface area contributed by atoms with Gasteiger partial charge in [0.15, 0.2) is 0 Å². The monoisotopic (exact) mass is 949 g/mol. The van der Waals surface area contributed by atoms with E-state index in [0.29, 0.717) is 17.8 Å². The van der Waals surface area contributed by atoms with Crippen LogP contribution in [0.4, 0.5) is 0 Å². The molecule has 3 saturated carbocycles. The van der Waals surface area contributed by atoms with Gasteiger partial charge in [0.25, 0.3) is 0 Å². The Morgan fingerprint density at radius 3 is 1.73 bits per heavy atom. The van der Waals surface area contributed by atoms with Crippen LogP contribution in [0.3, 0.4) is 0 Å². The van der Waals surface area contributed by atoms with Gasteiger partial charge in [0.2, 0.25) is 0 Å². The van der Waals surface area contributed by atoms with E-state index in [1.54, 1.807) is 0 Å². The fraction of sp³-hybridized carbons (Fsp3) is 0.548. The predicted octanol–water partition coefficient (Wildman–Crippen LogP) is 12.6. The van der Waals surface area contributed by atoms with Crippen LogP contribution >= 0.6 is 0 Å². The molecule has 10 aliphatic rings. The van der Waals surface area contributed by atoms with Crippen molar-refractivity contribution in [3.8, 4) is 0 Å². The van der Waals surface area contributed by atoms with Crippen LogP contribution in [-0.2, 0) is 9.47 Å². The van der Waals surface area contributed by atoms with Crippen LogP contribution in [0.2, 0.25) is 0 Å². The Balaban J connectivity index is 0.000000164. The molecule has 15 atom stereocenters. The number of hydrogen-bond acceptors (Lipinski definition) is 8. The van der Waals surface area contributed by atoms with Gasteiger partial charge in [-0.2, -0.15) is 0 Å². The largest absolute Gasteiger partial charge is 0.390 e. The standard InChI is InChI=1S/C29H33NO3.C29H31NO3.4CH4/c2*1-17-15-28-10-11-29(33-28)21(14-23(28)26(32)25(17)31)7-9-27(2)22(5-6-24(27)29)19-4-3-18-8-12-30-16-20(18)13-19;;;;/h3-4,7-8,12-14,16-17,22,24-26,31-32H,5-6,9-11,15H2,1-2H3;3-5,7-8,12-14,16-17,24-26,31-32H,6,9-11,15H2,1-2H3;4*1H4/t17-,22+,24+,25+,26+,27+,28+,29+;17-,24+,25+,26+,27+,28+,29+;;;;/m00..../s1. The second kappa shape index (κ2) is 17.2. The van der Waals surface area contributed by atoms with Crippen LogP contribution in [0, 0.1) is 34.5 Å². The lowest BCUT2D eigenvalue weighted by Crippen LogP contribution is -2.57. The molecule has 5 fully saturated rings. The van der Waals surface area contributed by atoms with Gasteiger partial charge < -0.3 is 29.9 Å². The first kappa shape index (κ1) is 50.7. The maximum Gasteiger partial charge on any atom is 0.104 e. The zero-order chi connectivity index (χ0) is 45.2. The molecule has 0 amide bonds. The molecule has 0 radical (unpaired) electrons. The van der Waals surface area contributed by atoms with E-state index in [1.807, 2.05) is 38.6 Å². The molecule has 2 aromatic carbocycles. The van der Waals surface area contributed by atoms with Crippen molar-refractivity contribution in [2.75, 3.05) is 0 Å². The van der Waals surface area contributed by atoms with Crippen molar-refractivity contribution in [3.63, 3.8) is 0 Å². The first-order valence-corrected chi connectivity index (χ1v) is 25.1. The number of rotatable bonds is 2. The van der Waals surface area contributed by atoms with Gasteiger partial charge >= 0.3 is 0 Å². The van der Waals surface area contributed by atoms with Crippen LogP contribution in [0.25, 0.3) is 27.1 Å². The van der Waals surface area contributed by atoms with E-state index in [4.69, 9.17) is 9.47 Å². The summed E-state index contributed by atoms with van der Waals surface area (Å²) in [6.45, 7) is 8.99. The van der Waals surface area contributed by atoms with Gasteiger partial charge in [-0.3, -0.25) is 9.97 Å². The molecule has 6 aliphatic carbocycles. The Hall–Kier alpha value is -4.28. The number of allylic oxidation sites excluding steroid dienone is 4. The van der Waals surface area contributed by atoms with Gasteiger partial charge in [-0.1, -0.05) is 112 Å². The number of ether oxygens (including phenoxy) is 2. The van der Waals surface area contributed by atoms with Crippen LogP contribution in [0.15, 0.2) is 126 Å². The molecule has 374 valence electrons. The molecule has 70 heavy (non-hydrogen) atoms. The Bertz CT molecular complexity index is 2810. The Kier molecular flexibility index (Phi) is 12.4. The molecule has 0 unspecified atom stereocenters. The molecule has 8 heteroatoms. The molecule has 4 bridgehead atoms. The third-order valence-electron chi connectivity index (χ3n) is 19.9. The highest BCUT2D eigenvalue weighted by atomic mass is 16.5. The van der Waals surface area contributed by atoms with Gasteiger partial charge in [-0.25, -0.2) is 0 Å². The summed E-state index contributed by atoms with van der Waals surface area (Å²) in [5.74, 6) is 1.41. The lowest BCUT2D eigenvalue weighted by molar-refractivity contribution is -0.162. The third kappa shape index (κ3) is 6.68. The molecule has 4 N–H and O–H groups in total. The quantitative estimate of drug-likeness (QED) is 0.157. The molecule has 2 saturated heterocycles. The molecule has 4 spiro atoms. The zero-order valence-electron chi connectivity index (χ0n) is 38.8. The van der Waals surface area contributed by atoms with E-state index in [-0.39, 0.29) is 63.6 Å². The number of benzene rings is 2. The summed E-state index contributed by atoms with van der Waals surface area (Å²) >= 11 is 0. The first-order valence-electron chi connectivity index (χ1n) is 25.1. The van der Waals surface area contributed by atoms with Gasteiger partial charge in [-0.05, 0) is 174 Å². The van der Waals surface area contributed by atoms with Gasteiger partial charge in [-0.15, -0.1) is 0 Å². The molecular weight excluding hydrogens is 869 g/mol. The molecular formula is C62H80N2O6. The Labute approximate surface area is 417 Å². The second-order valence-corrected chi connectivity index (χ2v) is 23.1. The number of hydrogen-bond donors (Lipinski definition) is 4. The fourth-order valence-electron chi connectivity index (χ4n) is 16.6. The molecule has 2 aromatic heterocycles. The first-order chi connectivity index (χ1) is 31.7. The van der Waals surface area contributed by atoms with Crippen molar-refractivity contribution in [3.05, 3.63) is 137 Å². The fourth-order valence-corrected chi connectivity index (χ4v) is 16.6. The SMILES string of the molecule is C.C.C.C.C[C@H]1C[C@@]23CC[C@@]4(O2)C(=CC[C@]2(C)C(c5ccc6ccncc6c5)=CC[C@H]24)C=C3[C@@H](O)[C@@H]1O.C[C@H]1C[C@@]23CC[C@@]4(O2)C(=CC[C@]2(C)[C@@H](c5ccc6ccncc6c5)CC[C@H]24)C=C3[C@@H](O)[C@@H]1O. The average molecular weight is 949 g/mol. The maximum atomic E-state index is 10.9. The van der Waals surface area contributed by atoms with E-state index >= 15 is 0 Å². The van der Waals surface area contributed by atoms with Crippen molar-refractivity contribution < 1.29 is 29.9 Å².